The van der Waals surface area contributed by atoms with Crippen LogP contribution in [0.1, 0.15) is 24.2 Å². The largest absolute Gasteiger partial charge is 0.508 e. The fourth-order valence-electron chi connectivity index (χ4n) is 1.95. The maximum absolute atomic E-state index is 9.97. The molecule has 2 aromatic rings. The molecule has 0 fully saturated rings. The first-order valence-electron chi connectivity index (χ1n) is 6.36. The number of thiophene rings is 1. The zero-order valence-electron chi connectivity index (χ0n) is 10.9. The summed E-state index contributed by atoms with van der Waals surface area (Å²) >= 11 is 1.59. The van der Waals surface area contributed by atoms with Crippen LogP contribution in [0, 0.1) is 0 Å². The lowest BCUT2D eigenvalue weighted by Crippen LogP contribution is -2.31. The van der Waals surface area contributed by atoms with Crippen LogP contribution in [0.4, 0.5) is 0 Å². The van der Waals surface area contributed by atoms with Crippen LogP contribution in [0.5, 0.6) is 5.75 Å². The Bertz CT molecular complexity index is 481. The molecule has 2 rings (SSSR count). The van der Waals surface area contributed by atoms with E-state index in [1.807, 2.05) is 29.0 Å². The van der Waals surface area contributed by atoms with E-state index in [-0.39, 0.29) is 11.8 Å². The average molecular weight is 277 g/mol. The van der Waals surface area contributed by atoms with Crippen LogP contribution in [-0.4, -0.2) is 22.8 Å². The van der Waals surface area contributed by atoms with Gasteiger partial charge in [0.05, 0.1) is 6.10 Å². The van der Waals surface area contributed by atoms with Crippen molar-refractivity contribution in [2.24, 2.45) is 0 Å². The minimum absolute atomic E-state index is 0.276. The molecular weight excluding hydrogens is 258 g/mol. The average Bonchev–Trinajstić information content (AvgIpc) is 2.93. The summed E-state index contributed by atoms with van der Waals surface area (Å²) < 4.78 is 0. The summed E-state index contributed by atoms with van der Waals surface area (Å²) in [6, 6.07) is 9.45. The van der Waals surface area contributed by atoms with Crippen molar-refractivity contribution in [2.45, 2.75) is 25.5 Å². The lowest BCUT2D eigenvalue weighted by atomic mass is 10.1. The Labute approximate surface area is 117 Å². The summed E-state index contributed by atoms with van der Waals surface area (Å²) in [6.45, 7) is 2.64. The SMILES string of the molecule is CC(Cc1ccc(O)cc1)NCC(O)c1ccsc1. The van der Waals surface area contributed by atoms with Crippen molar-refractivity contribution in [3.63, 3.8) is 0 Å². The van der Waals surface area contributed by atoms with Crippen LogP contribution in [0.25, 0.3) is 0 Å². The Hall–Kier alpha value is -1.36. The normalized spacial score (nSPS) is 14.2. The molecule has 4 heteroatoms. The van der Waals surface area contributed by atoms with Gasteiger partial charge in [0.25, 0.3) is 0 Å². The molecule has 0 bridgehead atoms. The van der Waals surface area contributed by atoms with E-state index < -0.39 is 6.10 Å². The van der Waals surface area contributed by atoms with Gasteiger partial charge in [-0.15, -0.1) is 0 Å². The van der Waals surface area contributed by atoms with Gasteiger partial charge >= 0.3 is 0 Å². The quantitative estimate of drug-likeness (QED) is 0.761. The zero-order valence-corrected chi connectivity index (χ0v) is 11.7. The predicted molar refractivity (Wildman–Crippen MR) is 78.6 cm³/mol. The van der Waals surface area contributed by atoms with Gasteiger partial charge in [-0.2, -0.15) is 11.3 Å². The van der Waals surface area contributed by atoms with E-state index in [1.54, 1.807) is 23.5 Å². The van der Waals surface area contributed by atoms with Gasteiger partial charge in [0.1, 0.15) is 5.75 Å². The van der Waals surface area contributed by atoms with E-state index in [4.69, 9.17) is 0 Å². The van der Waals surface area contributed by atoms with Gasteiger partial charge < -0.3 is 15.5 Å². The lowest BCUT2D eigenvalue weighted by molar-refractivity contribution is 0.171. The molecule has 0 radical (unpaired) electrons. The molecule has 3 N–H and O–H groups in total. The summed E-state index contributed by atoms with van der Waals surface area (Å²) in [5, 5.41) is 26.5. The molecule has 2 atom stereocenters. The summed E-state index contributed by atoms with van der Waals surface area (Å²) in [7, 11) is 0. The fraction of sp³-hybridized carbons (Fsp3) is 0.333. The minimum atomic E-state index is -0.450. The second-order valence-electron chi connectivity index (χ2n) is 4.75. The maximum Gasteiger partial charge on any atom is 0.115 e. The molecule has 0 aliphatic rings. The van der Waals surface area contributed by atoms with Crippen LogP contribution in [-0.2, 0) is 6.42 Å². The first-order chi connectivity index (χ1) is 9.15. The molecular formula is C15H19NO2S. The molecule has 0 spiro atoms. The second-order valence-corrected chi connectivity index (χ2v) is 5.53. The number of hydrogen-bond donors (Lipinski definition) is 3. The van der Waals surface area contributed by atoms with Crippen molar-refractivity contribution in [3.8, 4) is 5.75 Å². The molecule has 0 saturated heterocycles. The molecule has 0 aliphatic heterocycles. The third-order valence-electron chi connectivity index (χ3n) is 3.07. The second kappa shape index (κ2) is 6.70. The molecule has 1 aromatic heterocycles. The van der Waals surface area contributed by atoms with Crippen LogP contribution >= 0.6 is 11.3 Å². The van der Waals surface area contributed by atoms with Gasteiger partial charge in [-0.1, -0.05) is 12.1 Å². The number of benzene rings is 1. The lowest BCUT2D eigenvalue weighted by Gasteiger charge is -2.16. The van der Waals surface area contributed by atoms with Crippen molar-refractivity contribution >= 4 is 11.3 Å². The Morgan fingerprint density at radius 3 is 2.58 bits per heavy atom. The molecule has 19 heavy (non-hydrogen) atoms. The molecule has 0 amide bonds. The third-order valence-corrected chi connectivity index (χ3v) is 3.77. The number of aliphatic hydroxyl groups is 1. The highest BCUT2D eigenvalue weighted by molar-refractivity contribution is 7.07. The maximum atomic E-state index is 9.97. The molecule has 102 valence electrons. The van der Waals surface area contributed by atoms with Crippen LogP contribution in [0.2, 0.25) is 0 Å². The standard InChI is InChI=1S/C15H19NO2S/c1-11(8-12-2-4-14(17)5-3-12)16-9-15(18)13-6-7-19-10-13/h2-7,10-11,15-18H,8-9H2,1H3. The number of phenols is 1. The van der Waals surface area contributed by atoms with E-state index in [1.165, 1.54) is 5.56 Å². The number of rotatable bonds is 6. The van der Waals surface area contributed by atoms with Gasteiger partial charge in [-0.3, -0.25) is 0 Å². The van der Waals surface area contributed by atoms with Gasteiger partial charge in [0, 0.05) is 12.6 Å². The molecule has 0 aliphatic carbocycles. The van der Waals surface area contributed by atoms with Crippen LogP contribution in [0.15, 0.2) is 41.1 Å². The summed E-state index contributed by atoms with van der Waals surface area (Å²) in [5.74, 6) is 0.289. The monoisotopic (exact) mass is 277 g/mol. The van der Waals surface area contributed by atoms with E-state index in [2.05, 4.69) is 12.2 Å². The summed E-state index contributed by atoms with van der Waals surface area (Å²) in [6.07, 6.45) is 0.421. The van der Waals surface area contributed by atoms with Crippen LogP contribution < -0.4 is 5.32 Å². The van der Waals surface area contributed by atoms with Crippen molar-refractivity contribution in [1.29, 1.82) is 0 Å². The molecule has 1 aromatic carbocycles. The number of aliphatic hydroxyl groups excluding tert-OH is 1. The topological polar surface area (TPSA) is 52.5 Å². The van der Waals surface area contributed by atoms with E-state index in [9.17, 15) is 10.2 Å². The van der Waals surface area contributed by atoms with E-state index >= 15 is 0 Å². The number of phenolic OH excluding ortho intramolecular Hbond substituents is 1. The van der Waals surface area contributed by atoms with E-state index in [0.29, 0.717) is 6.54 Å². The van der Waals surface area contributed by atoms with Crippen molar-refractivity contribution in [2.75, 3.05) is 6.54 Å². The number of aromatic hydroxyl groups is 1. The number of hydrogen-bond acceptors (Lipinski definition) is 4. The Kier molecular flexibility index (Phi) is 4.96. The molecule has 1 heterocycles. The Morgan fingerprint density at radius 1 is 1.21 bits per heavy atom. The highest BCUT2D eigenvalue weighted by Crippen LogP contribution is 2.16. The smallest absolute Gasteiger partial charge is 0.115 e. The van der Waals surface area contributed by atoms with Gasteiger partial charge in [0.2, 0.25) is 0 Å². The minimum Gasteiger partial charge on any atom is -0.508 e. The van der Waals surface area contributed by atoms with Crippen molar-refractivity contribution in [3.05, 3.63) is 52.2 Å². The zero-order chi connectivity index (χ0) is 13.7. The Balaban J connectivity index is 1.78. The van der Waals surface area contributed by atoms with Gasteiger partial charge in [-0.25, -0.2) is 0 Å². The third kappa shape index (κ3) is 4.35. The highest BCUT2D eigenvalue weighted by Gasteiger charge is 2.10. The summed E-state index contributed by atoms with van der Waals surface area (Å²) in [5.41, 5.74) is 2.14. The first-order valence-corrected chi connectivity index (χ1v) is 7.31. The molecule has 2 unspecified atom stereocenters. The highest BCUT2D eigenvalue weighted by atomic mass is 32.1. The molecule has 3 nitrogen and oxygen atoms in total. The first kappa shape index (κ1) is 14.1. The van der Waals surface area contributed by atoms with Crippen molar-refractivity contribution in [1.82, 2.24) is 5.32 Å². The van der Waals surface area contributed by atoms with Gasteiger partial charge in [-0.05, 0) is 53.4 Å². The summed E-state index contributed by atoms with van der Waals surface area (Å²) in [4.78, 5) is 0. The fourth-order valence-corrected chi connectivity index (χ4v) is 2.66. The predicted octanol–water partition coefficient (Wildman–Crippen LogP) is 2.71. The Morgan fingerprint density at radius 2 is 1.95 bits per heavy atom. The van der Waals surface area contributed by atoms with Gasteiger partial charge in [0.15, 0.2) is 0 Å². The number of nitrogens with one attached hydrogen (secondary N) is 1. The molecule has 0 saturated carbocycles. The van der Waals surface area contributed by atoms with Crippen LogP contribution in [0.3, 0.4) is 0 Å². The van der Waals surface area contributed by atoms with Crippen molar-refractivity contribution < 1.29 is 10.2 Å². The van der Waals surface area contributed by atoms with E-state index in [0.717, 1.165) is 12.0 Å².